The highest BCUT2D eigenvalue weighted by Gasteiger charge is 2.10. The van der Waals surface area contributed by atoms with Crippen LogP contribution in [0.25, 0.3) is 0 Å². The molecule has 0 atom stereocenters. The van der Waals surface area contributed by atoms with E-state index in [1.165, 1.54) is 0 Å². The first-order chi connectivity index (χ1) is 8.22. The summed E-state index contributed by atoms with van der Waals surface area (Å²) < 4.78 is 0. The second-order valence-corrected chi connectivity index (χ2v) is 3.66. The summed E-state index contributed by atoms with van der Waals surface area (Å²) in [7, 11) is 1.88. The third-order valence-electron chi connectivity index (χ3n) is 2.56. The molecule has 2 aromatic rings. The number of nitrogens with zero attached hydrogens (tertiary/aromatic N) is 3. The lowest BCUT2D eigenvalue weighted by molar-refractivity contribution is 0.475. The SMILES string of the molecule is CN(c1ccc(O)cc1)c1nnccc1CN. The Morgan fingerprint density at radius 1 is 1.24 bits per heavy atom. The van der Waals surface area contributed by atoms with Gasteiger partial charge in [0, 0.05) is 24.8 Å². The Hall–Kier alpha value is -2.14. The van der Waals surface area contributed by atoms with E-state index in [1.807, 2.05) is 30.1 Å². The van der Waals surface area contributed by atoms with Gasteiger partial charge >= 0.3 is 0 Å². The highest BCUT2D eigenvalue weighted by molar-refractivity contribution is 5.62. The second-order valence-electron chi connectivity index (χ2n) is 3.66. The topological polar surface area (TPSA) is 75.3 Å². The van der Waals surface area contributed by atoms with Crippen LogP contribution in [0.15, 0.2) is 36.5 Å². The van der Waals surface area contributed by atoms with Gasteiger partial charge < -0.3 is 15.7 Å². The number of aromatic hydroxyl groups is 1. The van der Waals surface area contributed by atoms with Crippen molar-refractivity contribution in [2.45, 2.75) is 6.54 Å². The van der Waals surface area contributed by atoms with Crippen LogP contribution < -0.4 is 10.6 Å². The fourth-order valence-electron chi connectivity index (χ4n) is 1.59. The predicted octanol–water partition coefficient (Wildman–Crippen LogP) is 1.41. The number of phenols is 1. The molecule has 0 saturated carbocycles. The minimum atomic E-state index is 0.236. The Bertz CT molecular complexity index is 498. The monoisotopic (exact) mass is 230 g/mol. The maximum atomic E-state index is 9.24. The molecule has 0 saturated heterocycles. The molecule has 0 aliphatic carbocycles. The number of benzene rings is 1. The van der Waals surface area contributed by atoms with Crippen LogP contribution in [0.5, 0.6) is 5.75 Å². The van der Waals surface area contributed by atoms with Crippen LogP contribution in [0, 0.1) is 0 Å². The van der Waals surface area contributed by atoms with E-state index in [9.17, 15) is 5.11 Å². The van der Waals surface area contributed by atoms with Gasteiger partial charge in [0.1, 0.15) is 5.75 Å². The van der Waals surface area contributed by atoms with Crippen molar-refractivity contribution in [3.63, 3.8) is 0 Å². The summed E-state index contributed by atoms with van der Waals surface area (Å²) in [6, 6.07) is 8.72. The smallest absolute Gasteiger partial charge is 0.159 e. The quantitative estimate of drug-likeness (QED) is 0.833. The number of aromatic nitrogens is 2. The molecule has 0 radical (unpaired) electrons. The van der Waals surface area contributed by atoms with Crippen LogP contribution in [-0.4, -0.2) is 22.4 Å². The summed E-state index contributed by atoms with van der Waals surface area (Å²) in [5.41, 5.74) is 7.50. The molecule has 0 aliphatic rings. The number of hydrogen-bond donors (Lipinski definition) is 2. The molecule has 5 heteroatoms. The van der Waals surface area contributed by atoms with Crippen LogP contribution in [0.1, 0.15) is 5.56 Å². The first kappa shape index (κ1) is 11.3. The van der Waals surface area contributed by atoms with Crippen molar-refractivity contribution in [2.75, 3.05) is 11.9 Å². The van der Waals surface area contributed by atoms with E-state index in [0.29, 0.717) is 6.54 Å². The van der Waals surface area contributed by atoms with Gasteiger partial charge in [-0.05, 0) is 30.3 Å². The summed E-state index contributed by atoms with van der Waals surface area (Å²) >= 11 is 0. The molecule has 17 heavy (non-hydrogen) atoms. The Labute approximate surface area is 99.5 Å². The number of phenolic OH excluding ortho intramolecular Hbond substituents is 1. The Morgan fingerprint density at radius 2 is 1.94 bits per heavy atom. The summed E-state index contributed by atoms with van der Waals surface area (Å²) in [5.74, 6) is 0.959. The second kappa shape index (κ2) is 4.80. The zero-order valence-corrected chi connectivity index (χ0v) is 9.54. The van der Waals surface area contributed by atoms with Crippen LogP contribution >= 0.6 is 0 Å². The van der Waals surface area contributed by atoms with E-state index in [4.69, 9.17) is 5.73 Å². The van der Waals surface area contributed by atoms with Gasteiger partial charge in [-0.2, -0.15) is 5.10 Å². The van der Waals surface area contributed by atoms with Crippen LogP contribution in [0.3, 0.4) is 0 Å². The Kier molecular flexibility index (Phi) is 3.20. The number of nitrogens with two attached hydrogens (primary N) is 1. The van der Waals surface area contributed by atoms with Gasteiger partial charge in [0.15, 0.2) is 5.82 Å². The van der Waals surface area contributed by atoms with E-state index in [2.05, 4.69) is 10.2 Å². The average Bonchev–Trinajstić information content (AvgIpc) is 2.39. The fraction of sp³-hybridized carbons (Fsp3) is 0.167. The van der Waals surface area contributed by atoms with E-state index in [0.717, 1.165) is 17.1 Å². The van der Waals surface area contributed by atoms with Gasteiger partial charge in [-0.15, -0.1) is 5.10 Å². The van der Waals surface area contributed by atoms with Crippen LogP contribution in [0.4, 0.5) is 11.5 Å². The van der Waals surface area contributed by atoms with Crippen molar-refractivity contribution < 1.29 is 5.11 Å². The number of rotatable bonds is 3. The summed E-state index contributed by atoms with van der Waals surface area (Å²) in [5, 5.41) is 17.2. The van der Waals surface area contributed by atoms with Crippen LogP contribution in [-0.2, 0) is 6.54 Å². The summed E-state index contributed by atoms with van der Waals surface area (Å²) in [6.07, 6.45) is 1.62. The van der Waals surface area contributed by atoms with Gasteiger partial charge in [-0.1, -0.05) is 0 Å². The molecule has 0 aliphatic heterocycles. The largest absolute Gasteiger partial charge is 0.508 e. The zero-order chi connectivity index (χ0) is 12.3. The van der Waals surface area contributed by atoms with E-state index >= 15 is 0 Å². The van der Waals surface area contributed by atoms with E-state index < -0.39 is 0 Å². The summed E-state index contributed by atoms with van der Waals surface area (Å²) in [4.78, 5) is 1.88. The molecule has 5 nitrogen and oxygen atoms in total. The maximum absolute atomic E-state index is 9.24. The molecule has 0 fully saturated rings. The normalized spacial score (nSPS) is 10.2. The lowest BCUT2D eigenvalue weighted by atomic mass is 10.2. The van der Waals surface area contributed by atoms with Gasteiger partial charge in [0.05, 0.1) is 6.20 Å². The third kappa shape index (κ3) is 2.34. The number of anilines is 2. The molecule has 0 spiro atoms. The molecule has 1 heterocycles. The van der Waals surface area contributed by atoms with E-state index in [-0.39, 0.29) is 5.75 Å². The fourth-order valence-corrected chi connectivity index (χ4v) is 1.59. The lowest BCUT2D eigenvalue weighted by Crippen LogP contribution is -2.15. The maximum Gasteiger partial charge on any atom is 0.159 e. The minimum Gasteiger partial charge on any atom is -0.508 e. The van der Waals surface area contributed by atoms with Gasteiger partial charge in [0.25, 0.3) is 0 Å². The van der Waals surface area contributed by atoms with Gasteiger partial charge in [-0.25, -0.2) is 0 Å². The molecular weight excluding hydrogens is 216 g/mol. The highest BCUT2D eigenvalue weighted by Crippen LogP contribution is 2.25. The van der Waals surface area contributed by atoms with Crippen molar-refractivity contribution in [3.8, 4) is 5.75 Å². The average molecular weight is 230 g/mol. The molecule has 2 rings (SSSR count). The molecule has 3 N–H and O–H groups in total. The molecule has 1 aromatic carbocycles. The van der Waals surface area contributed by atoms with Crippen molar-refractivity contribution in [3.05, 3.63) is 42.1 Å². The molecule has 88 valence electrons. The molecular formula is C12H14N4O. The first-order valence-electron chi connectivity index (χ1n) is 5.26. The van der Waals surface area contributed by atoms with Crippen molar-refractivity contribution in [1.82, 2.24) is 10.2 Å². The standard InChI is InChI=1S/C12H14N4O/c1-16(10-2-4-11(17)5-3-10)12-9(8-13)6-7-14-15-12/h2-7,17H,8,13H2,1H3. The summed E-state index contributed by atoms with van der Waals surface area (Å²) in [6.45, 7) is 0.410. The molecule has 0 bridgehead atoms. The molecule has 0 amide bonds. The Balaban J connectivity index is 2.36. The minimum absolute atomic E-state index is 0.236. The number of hydrogen-bond acceptors (Lipinski definition) is 5. The van der Waals surface area contributed by atoms with Gasteiger partial charge in [-0.3, -0.25) is 0 Å². The lowest BCUT2D eigenvalue weighted by Gasteiger charge is -2.19. The first-order valence-corrected chi connectivity index (χ1v) is 5.26. The molecule has 1 aromatic heterocycles. The molecule has 0 unspecified atom stereocenters. The predicted molar refractivity (Wildman–Crippen MR) is 66.1 cm³/mol. The van der Waals surface area contributed by atoms with Crippen molar-refractivity contribution in [1.29, 1.82) is 0 Å². The van der Waals surface area contributed by atoms with Crippen LogP contribution in [0.2, 0.25) is 0 Å². The van der Waals surface area contributed by atoms with E-state index in [1.54, 1.807) is 18.3 Å². The highest BCUT2D eigenvalue weighted by atomic mass is 16.3. The van der Waals surface area contributed by atoms with Crippen molar-refractivity contribution >= 4 is 11.5 Å². The zero-order valence-electron chi connectivity index (χ0n) is 9.54. The third-order valence-corrected chi connectivity index (χ3v) is 2.56. The Morgan fingerprint density at radius 3 is 2.59 bits per heavy atom. The van der Waals surface area contributed by atoms with Crippen molar-refractivity contribution in [2.24, 2.45) is 5.73 Å². The van der Waals surface area contributed by atoms with Gasteiger partial charge in [0.2, 0.25) is 0 Å².